The van der Waals surface area contributed by atoms with Crippen LogP contribution in [0.15, 0.2) is 10.7 Å². The standard InChI is InChI=1S/C9H13BrN4/c1-7-6-8(10)13-9(12-7)14-4-2-11-3-5-14/h6,11H,2-5H2,1H3. The van der Waals surface area contributed by atoms with Gasteiger partial charge in [-0.25, -0.2) is 9.97 Å². The Bertz CT molecular complexity index is 302. The van der Waals surface area contributed by atoms with E-state index in [-0.39, 0.29) is 0 Å². The molecule has 0 bridgehead atoms. The number of rotatable bonds is 1. The Labute approximate surface area is 91.9 Å². The normalized spacial score (nSPS) is 17.1. The lowest BCUT2D eigenvalue weighted by molar-refractivity contribution is 0.579. The average molecular weight is 257 g/mol. The molecule has 14 heavy (non-hydrogen) atoms. The molecule has 1 aliphatic rings. The lowest BCUT2D eigenvalue weighted by atomic mass is 10.4. The predicted molar refractivity (Wildman–Crippen MR) is 59.6 cm³/mol. The van der Waals surface area contributed by atoms with E-state index in [1.807, 2.05) is 13.0 Å². The van der Waals surface area contributed by atoms with Crippen LogP contribution < -0.4 is 10.2 Å². The first kappa shape index (κ1) is 9.86. The molecule has 1 aromatic heterocycles. The van der Waals surface area contributed by atoms with E-state index in [2.05, 4.69) is 36.1 Å². The molecular weight excluding hydrogens is 244 g/mol. The van der Waals surface area contributed by atoms with Crippen molar-refractivity contribution in [3.05, 3.63) is 16.4 Å². The van der Waals surface area contributed by atoms with Crippen molar-refractivity contribution in [1.82, 2.24) is 15.3 Å². The van der Waals surface area contributed by atoms with Gasteiger partial charge in [0.1, 0.15) is 4.60 Å². The molecule has 1 saturated heterocycles. The molecule has 76 valence electrons. The molecule has 1 N–H and O–H groups in total. The number of hydrogen-bond donors (Lipinski definition) is 1. The van der Waals surface area contributed by atoms with Crippen LogP contribution in [0.3, 0.4) is 0 Å². The molecule has 4 nitrogen and oxygen atoms in total. The fourth-order valence-corrected chi connectivity index (χ4v) is 2.01. The van der Waals surface area contributed by atoms with E-state index < -0.39 is 0 Å². The van der Waals surface area contributed by atoms with Gasteiger partial charge in [0.2, 0.25) is 5.95 Å². The molecule has 1 aromatic rings. The number of anilines is 1. The van der Waals surface area contributed by atoms with Gasteiger partial charge in [0.25, 0.3) is 0 Å². The summed E-state index contributed by atoms with van der Waals surface area (Å²) in [6.45, 7) is 5.97. The van der Waals surface area contributed by atoms with Gasteiger partial charge in [-0.2, -0.15) is 0 Å². The van der Waals surface area contributed by atoms with Crippen LogP contribution in [0.1, 0.15) is 5.69 Å². The second-order valence-electron chi connectivity index (χ2n) is 3.37. The maximum Gasteiger partial charge on any atom is 0.226 e. The summed E-state index contributed by atoms with van der Waals surface area (Å²) in [5.74, 6) is 0.832. The van der Waals surface area contributed by atoms with Crippen LogP contribution in [0.2, 0.25) is 0 Å². The summed E-state index contributed by atoms with van der Waals surface area (Å²) >= 11 is 3.39. The van der Waals surface area contributed by atoms with Crippen molar-refractivity contribution in [2.24, 2.45) is 0 Å². The van der Waals surface area contributed by atoms with Crippen molar-refractivity contribution in [3.63, 3.8) is 0 Å². The zero-order chi connectivity index (χ0) is 9.97. The summed E-state index contributed by atoms with van der Waals surface area (Å²) in [6.07, 6.45) is 0. The van der Waals surface area contributed by atoms with Gasteiger partial charge < -0.3 is 10.2 Å². The smallest absolute Gasteiger partial charge is 0.226 e. The third-order valence-electron chi connectivity index (χ3n) is 2.21. The van der Waals surface area contributed by atoms with E-state index in [4.69, 9.17) is 0 Å². The quantitative estimate of drug-likeness (QED) is 0.761. The van der Waals surface area contributed by atoms with Gasteiger partial charge in [0.05, 0.1) is 0 Å². The van der Waals surface area contributed by atoms with Crippen LogP contribution in [-0.4, -0.2) is 36.1 Å². The maximum atomic E-state index is 4.41. The van der Waals surface area contributed by atoms with Crippen molar-refractivity contribution in [1.29, 1.82) is 0 Å². The SMILES string of the molecule is Cc1cc(Br)nc(N2CCNCC2)n1. The largest absolute Gasteiger partial charge is 0.338 e. The minimum atomic E-state index is 0.832. The Balaban J connectivity index is 2.21. The van der Waals surface area contributed by atoms with E-state index >= 15 is 0 Å². The van der Waals surface area contributed by atoms with Crippen LogP contribution >= 0.6 is 15.9 Å². The number of nitrogens with zero attached hydrogens (tertiary/aromatic N) is 3. The molecule has 0 amide bonds. The van der Waals surface area contributed by atoms with Crippen LogP contribution in [0, 0.1) is 6.92 Å². The zero-order valence-corrected chi connectivity index (χ0v) is 9.71. The molecule has 0 saturated carbocycles. The fourth-order valence-electron chi connectivity index (χ4n) is 1.52. The molecule has 0 unspecified atom stereocenters. The lowest BCUT2D eigenvalue weighted by Crippen LogP contribution is -2.44. The maximum absolute atomic E-state index is 4.41. The van der Waals surface area contributed by atoms with E-state index in [9.17, 15) is 0 Å². The summed E-state index contributed by atoms with van der Waals surface area (Å²) < 4.78 is 0.860. The van der Waals surface area contributed by atoms with Gasteiger partial charge in [0, 0.05) is 31.9 Å². The van der Waals surface area contributed by atoms with Gasteiger partial charge in [-0.05, 0) is 28.9 Å². The summed E-state index contributed by atoms with van der Waals surface area (Å²) in [4.78, 5) is 11.0. The number of halogens is 1. The molecule has 0 aromatic carbocycles. The van der Waals surface area contributed by atoms with Crippen molar-refractivity contribution in [2.45, 2.75) is 6.92 Å². The number of piperazine rings is 1. The number of hydrogen-bond acceptors (Lipinski definition) is 4. The van der Waals surface area contributed by atoms with Crippen molar-refractivity contribution in [2.75, 3.05) is 31.1 Å². The van der Waals surface area contributed by atoms with Gasteiger partial charge >= 0.3 is 0 Å². The monoisotopic (exact) mass is 256 g/mol. The van der Waals surface area contributed by atoms with Crippen molar-refractivity contribution >= 4 is 21.9 Å². The Morgan fingerprint density at radius 1 is 1.36 bits per heavy atom. The minimum absolute atomic E-state index is 0.832. The second kappa shape index (κ2) is 4.23. The van der Waals surface area contributed by atoms with Crippen LogP contribution in [0.4, 0.5) is 5.95 Å². The van der Waals surface area contributed by atoms with E-state index in [1.165, 1.54) is 0 Å². The first-order valence-electron chi connectivity index (χ1n) is 4.72. The van der Waals surface area contributed by atoms with E-state index in [0.717, 1.165) is 42.4 Å². The Kier molecular flexibility index (Phi) is 2.98. The molecule has 0 aliphatic carbocycles. The average Bonchev–Trinajstić information content (AvgIpc) is 2.18. The van der Waals surface area contributed by atoms with Crippen molar-refractivity contribution in [3.8, 4) is 0 Å². The Morgan fingerprint density at radius 3 is 2.71 bits per heavy atom. The summed E-state index contributed by atoms with van der Waals surface area (Å²) in [5.41, 5.74) is 1.00. The highest BCUT2D eigenvalue weighted by molar-refractivity contribution is 9.10. The number of nitrogens with one attached hydrogen (secondary N) is 1. The topological polar surface area (TPSA) is 41.1 Å². The molecule has 0 spiro atoms. The summed E-state index contributed by atoms with van der Waals surface area (Å²) in [7, 11) is 0. The molecule has 5 heteroatoms. The lowest BCUT2D eigenvalue weighted by Gasteiger charge is -2.27. The fraction of sp³-hybridized carbons (Fsp3) is 0.556. The van der Waals surface area contributed by atoms with Gasteiger partial charge in [0.15, 0.2) is 0 Å². The highest BCUT2D eigenvalue weighted by Gasteiger charge is 2.13. The number of aryl methyl sites for hydroxylation is 1. The van der Waals surface area contributed by atoms with Gasteiger partial charge in [-0.1, -0.05) is 0 Å². The van der Waals surface area contributed by atoms with Crippen LogP contribution in [0.25, 0.3) is 0 Å². The van der Waals surface area contributed by atoms with E-state index in [0.29, 0.717) is 0 Å². The molecule has 1 fully saturated rings. The third-order valence-corrected chi connectivity index (χ3v) is 2.62. The Morgan fingerprint density at radius 2 is 2.07 bits per heavy atom. The molecule has 2 heterocycles. The van der Waals surface area contributed by atoms with Crippen LogP contribution in [0.5, 0.6) is 0 Å². The Hall–Kier alpha value is -0.680. The molecule has 2 rings (SSSR count). The summed E-state index contributed by atoms with van der Waals surface area (Å²) in [5, 5.41) is 3.30. The predicted octanol–water partition coefficient (Wildman–Crippen LogP) is 0.957. The van der Waals surface area contributed by atoms with Crippen molar-refractivity contribution < 1.29 is 0 Å². The molecule has 0 radical (unpaired) electrons. The summed E-state index contributed by atoms with van der Waals surface area (Å²) in [6, 6.07) is 1.92. The highest BCUT2D eigenvalue weighted by Crippen LogP contribution is 2.14. The second-order valence-corrected chi connectivity index (χ2v) is 4.18. The molecule has 1 aliphatic heterocycles. The van der Waals surface area contributed by atoms with Crippen LogP contribution in [-0.2, 0) is 0 Å². The molecule has 0 atom stereocenters. The molecular formula is C9H13BrN4. The van der Waals surface area contributed by atoms with E-state index in [1.54, 1.807) is 0 Å². The zero-order valence-electron chi connectivity index (χ0n) is 8.13. The first-order chi connectivity index (χ1) is 6.75. The highest BCUT2D eigenvalue weighted by atomic mass is 79.9. The van der Waals surface area contributed by atoms with Gasteiger partial charge in [-0.3, -0.25) is 0 Å². The minimum Gasteiger partial charge on any atom is -0.338 e. The number of aromatic nitrogens is 2. The first-order valence-corrected chi connectivity index (χ1v) is 5.52. The van der Waals surface area contributed by atoms with Gasteiger partial charge in [-0.15, -0.1) is 0 Å². The third kappa shape index (κ3) is 2.22.